The Kier molecular flexibility index (Phi) is 4.86. The molecule has 1 aromatic rings. The number of hydrogen-bond donors (Lipinski definition) is 2. The first kappa shape index (κ1) is 17.0. The average molecular weight is 357 g/mol. The van der Waals surface area contributed by atoms with E-state index in [0.29, 0.717) is 10.9 Å². The molecule has 0 saturated carbocycles. The van der Waals surface area contributed by atoms with Gasteiger partial charge in [-0.25, -0.2) is 0 Å². The van der Waals surface area contributed by atoms with E-state index in [1.165, 1.54) is 0 Å². The summed E-state index contributed by atoms with van der Waals surface area (Å²) in [6, 6.07) is 7.30. The topological polar surface area (TPSA) is 58.9 Å². The highest BCUT2D eigenvalue weighted by molar-refractivity contribution is 9.09. The van der Waals surface area contributed by atoms with E-state index in [0.717, 1.165) is 5.46 Å². The molecule has 1 saturated heterocycles. The predicted octanol–water partition coefficient (Wildman–Crippen LogP) is 1.77. The lowest BCUT2D eigenvalue weighted by Gasteiger charge is -2.32. The second-order valence-electron chi connectivity index (χ2n) is 6.42. The summed E-state index contributed by atoms with van der Waals surface area (Å²) >= 11 is 3.16. The maximum absolute atomic E-state index is 9.97. The molecule has 0 amide bonds. The van der Waals surface area contributed by atoms with Gasteiger partial charge in [0.1, 0.15) is 6.10 Å². The summed E-state index contributed by atoms with van der Waals surface area (Å²) in [5.74, 6) is 0. The summed E-state index contributed by atoms with van der Waals surface area (Å²) < 4.78 is 12.0. The van der Waals surface area contributed by atoms with Crippen molar-refractivity contribution in [2.75, 3.05) is 5.33 Å². The lowest BCUT2D eigenvalue weighted by atomic mass is 9.78. The van der Waals surface area contributed by atoms with Crippen LogP contribution in [-0.4, -0.2) is 40.0 Å². The number of rotatable bonds is 4. The minimum atomic E-state index is -0.906. The van der Waals surface area contributed by atoms with Crippen molar-refractivity contribution in [1.29, 1.82) is 0 Å². The van der Waals surface area contributed by atoms with Crippen LogP contribution in [0.3, 0.4) is 0 Å². The quantitative estimate of drug-likeness (QED) is 0.637. The number of hydrogen-bond acceptors (Lipinski definition) is 4. The Morgan fingerprint density at radius 1 is 1.05 bits per heavy atom. The molecule has 0 radical (unpaired) electrons. The third-order valence-corrected chi connectivity index (χ3v) is 4.99. The van der Waals surface area contributed by atoms with E-state index in [1.54, 1.807) is 12.1 Å². The van der Waals surface area contributed by atoms with Gasteiger partial charge < -0.3 is 19.5 Å². The molecule has 21 heavy (non-hydrogen) atoms. The zero-order valence-electron chi connectivity index (χ0n) is 12.8. The van der Waals surface area contributed by atoms with Crippen LogP contribution in [0, 0.1) is 0 Å². The van der Waals surface area contributed by atoms with Crippen molar-refractivity contribution in [3.63, 3.8) is 0 Å². The van der Waals surface area contributed by atoms with E-state index in [2.05, 4.69) is 15.9 Å². The van der Waals surface area contributed by atoms with Gasteiger partial charge in [0.2, 0.25) is 0 Å². The molecule has 2 N–H and O–H groups in total. The molecule has 1 aliphatic heterocycles. The molecule has 2 unspecified atom stereocenters. The monoisotopic (exact) mass is 356 g/mol. The Balaban J connectivity index is 2.14. The minimum Gasteiger partial charge on any atom is -0.399 e. The third-order valence-electron chi connectivity index (χ3n) is 4.33. The number of aliphatic hydroxyl groups excluding tert-OH is 2. The molecule has 6 heteroatoms. The minimum absolute atomic E-state index is 0.327. The Hall–Kier alpha value is -0.395. The maximum atomic E-state index is 9.97. The highest BCUT2D eigenvalue weighted by Gasteiger charge is 2.51. The van der Waals surface area contributed by atoms with Crippen molar-refractivity contribution >= 4 is 28.5 Å². The largest absolute Gasteiger partial charge is 0.494 e. The first-order valence-electron chi connectivity index (χ1n) is 7.05. The van der Waals surface area contributed by atoms with Crippen molar-refractivity contribution < 1.29 is 19.5 Å². The molecule has 1 fully saturated rings. The van der Waals surface area contributed by atoms with Gasteiger partial charge in [-0.3, -0.25) is 0 Å². The molecular formula is C15H22BBrO4. The van der Waals surface area contributed by atoms with Gasteiger partial charge >= 0.3 is 7.12 Å². The Labute approximate surface area is 134 Å². The van der Waals surface area contributed by atoms with Gasteiger partial charge in [0.25, 0.3) is 0 Å². The Morgan fingerprint density at radius 3 is 1.95 bits per heavy atom. The number of benzene rings is 1. The summed E-state index contributed by atoms with van der Waals surface area (Å²) in [7, 11) is -0.415. The molecule has 0 bridgehead atoms. The van der Waals surface area contributed by atoms with Crippen molar-refractivity contribution in [2.45, 2.75) is 51.1 Å². The lowest BCUT2D eigenvalue weighted by molar-refractivity contribution is 0.00578. The fourth-order valence-electron chi connectivity index (χ4n) is 2.14. The van der Waals surface area contributed by atoms with Crippen LogP contribution in [-0.2, 0) is 9.31 Å². The van der Waals surface area contributed by atoms with Crippen molar-refractivity contribution in [2.24, 2.45) is 0 Å². The van der Waals surface area contributed by atoms with Gasteiger partial charge in [0, 0.05) is 5.33 Å². The third kappa shape index (κ3) is 3.35. The van der Waals surface area contributed by atoms with Crippen LogP contribution in [0.25, 0.3) is 0 Å². The highest BCUT2D eigenvalue weighted by atomic mass is 79.9. The van der Waals surface area contributed by atoms with Gasteiger partial charge in [0.15, 0.2) is 0 Å². The van der Waals surface area contributed by atoms with Crippen molar-refractivity contribution in [3.05, 3.63) is 29.8 Å². The Morgan fingerprint density at radius 2 is 1.52 bits per heavy atom. The van der Waals surface area contributed by atoms with Crippen LogP contribution >= 0.6 is 15.9 Å². The number of alkyl halides is 1. The molecule has 1 aliphatic rings. The zero-order valence-corrected chi connectivity index (χ0v) is 14.4. The fraction of sp³-hybridized carbons (Fsp3) is 0.600. The van der Waals surface area contributed by atoms with E-state index < -0.39 is 19.3 Å². The Bertz CT molecular complexity index is 473. The lowest BCUT2D eigenvalue weighted by Crippen LogP contribution is -2.41. The first-order valence-corrected chi connectivity index (χ1v) is 8.18. The van der Waals surface area contributed by atoms with E-state index in [1.807, 2.05) is 39.8 Å². The maximum Gasteiger partial charge on any atom is 0.494 e. The molecule has 4 nitrogen and oxygen atoms in total. The number of halogens is 1. The molecule has 2 atom stereocenters. The van der Waals surface area contributed by atoms with Crippen LogP contribution in [0.1, 0.15) is 39.4 Å². The van der Waals surface area contributed by atoms with Gasteiger partial charge in [-0.2, -0.15) is 0 Å². The van der Waals surface area contributed by atoms with Gasteiger partial charge in [-0.1, -0.05) is 40.2 Å². The SMILES string of the molecule is CC1(C)OB(c2ccc(C(O)C(O)CBr)cc2)OC1(C)C. The van der Waals surface area contributed by atoms with Gasteiger partial charge in [0.05, 0.1) is 17.3 Å². The smallest absolute Gasteiger partial charge is 0.399 e. The van der Waals surface area contributed by atoms with E-state index >= 15 is 0 Å². The molecular weight excluding hydrogens is 335 g/mol. The van der Waals surface area contributed by atoms with Crippen LogP contribution in [0.4, 0.5) is 0 Å². The highest BCUT2D eigenvalue weighted by Crippen LogP contribution is 2.36. The van der Waals surface area contributed by atoms with Gasteiger partial charge in [-0.05, 0) is 38.7 Å². The van der Waals surface area contributed by atoms with Crippen molar-refractivity contribution in [1.82, 2.24) is 0 Å². The molecule has 0 aromatic heterocycles. The fourth-order valence-corrected chi connectivity index (χ4v) is 2.49. The summed E-state index contributed by atoms with van der Waals surface area (Å²) in [6.07, 6.45) is -1.73. The second kappa shape index (κ2) is 6.01. The van der Waals surface area contributed by atoms with Crippen LogP contribution in [0.15, 0.2) is 24.3 Å². The molecule has 2 rings (SSSR count). The number of aliphatic hydroxyl groups is 2. The normalized spacial score (nSPS) is 23.1. The summed E-state index contributed by atoms with van der Waals surface area (Å²) in [6.45, 7) is 8.05. The summed E-state index contributed by atoms with van der Waals surface area (Å²) in [5.41, 5.74) is 0.824. The van der Waals surface area contributed by atoms with Crippen molar-refractivity contribution in [3.8, 4) is 0 Å². The average Bonchev–Trinajstić information content (AvgIpc) is 2.66. The first-order chi connectivity index (χ1) is 9.68. The molecule has 0 spiro atoms. The van der Waals surface area contributed by atoms with Crippen LogP contribution in [0.2, 0.25) is 0 Å². The van der Waals surface area contributed by atoms with Crippen LogP contribution in [0.5, 0.6) is 0 Å². The van der Waals surface area contributed by atoms with Gasteiger partial charge in [-0.15, -0.1) is 0 Å². The predicted molar refractivity (Wildman–Crippen MR) is 86.9 cm³/mol. The molecule has 116 valence electrons. The molecule has 1 aromatic carbocycles. The molecule has 0 aliphatic carbocycles. The van der Waals surface area contributed by atoms with Crippen LogP contribution < -0.4 is 5.46 Å². The molecule has 1 heterocycles. The zero-order chi connectivity index (χ0) is 15.8. The van der Waals surface area contributed by atoms with E-state index in [4.69, 9.17) is 9.31 Å². The second-order valence-corrected chi connectivity index (χ2v) is 7.07. The summed E-state index contributed by atoms with van der Waals surface area (Å²) in [5, 5.41) is 19.9. The standard InChI is InChI=1S/C15H22BBrO4/c1-14(2)15(3,4)21-16(20-14)11-7-5-10(6-8-11)13(19)12(18)9-17/h5-8,12-13,18-19H,9H2,1-4H3. The summed E-state index contributed by atoms with van der Waals surface area (Å²) in [4.78, 5) is 0. The van der Waals surface area contributed by atoms with E-state index in [9.17, 15) is 10.2 Å². The van der Waals surface area contributed by atoms with E-state index in [-0.39, 0.29) is 11.2 Å².